The molecule has 1 aliphatic rings. The molecule has 5 heteroatoms. The summed E-state index contributed by atoms with van der Waals surface area (Å²) in [5, 5.41) is 6.70. The SMILES string of the molecule is CC(NCCc1nccs1)c1ccc2c(c1)OCCO2. The zero-order chi connectivity index (χ0) is 13.8. The van der Waals surface area contributed by atoms with E-state index >= 15 is 0 Å². The van der Waals surface area contributed by atoms with E-state index in [0.717, 1.165) is 24.5 Å². The Morgan fingerprint density at radius 1 is 1.30 bits per heavy atom. The molecule has 2 aromatic rings. The standard InChI is InChI=1S/C15H18N2O2S/c1-11(16-5-4-15-17-6-9-20-15)12-2-3-13-14(10-12)19-8-7-18-13/h2-3,6,9-11,16H,4-5,7-8H2,1H3. The van der Waals surface area contributed by atoms with Crippen LogP contribution in [0.2, 0.25) is 0 Å². The first-order valence-corrected chi connectivity index (χ1v) is 7.72. The molecule has 1 aromatic heterocycles. The number of ether oxygens (including phenoxy) is 2. The summed E-state index contributed by atoms with van der Waals surface area (Å²) >= 11 is 1.70. The van der Waals surface area contributed by atoms with Crippen molar-refractivity contribution in [3.05, 3.63) is 40.3 Å². The fourth-order valence-corrected chi connectivity index (χ4v) is 2.84. The maximum Gasteiger partial charge on any atom is 0.161 e. The van der Waals surface area contributed by atoms with Gasteiger partial charge in [-0.25, -0.2) is 4.98 Å². The van der Waals surface area contributed by atoms with Gasteiger partial charge in [0.2, 0.25) is 0 Å². The summed E-state index contributed by atoms with van der Waals surface area (Å²) in [4.78, 5) is 4.29. The lowest BCUT2D eigenvalue weighted by atomic mass is 10.1. The average Bonchev–Trinajstić information content (AvgIpc) is 3.00. The monoisotopic (exact) mass is 290 g/mol. The number of benzene rings is 1. The first kappa shape index (κ1) is 13.4. The van der Waals surface area contributed by atoms with Crippen LogP contribution >= 0.6 is 11.3 Å². The Balaban J connectivity index is 1.57. The van der Waals surface area contributed by atoms with Gasteiger partial charge in [0, 0.05) is 30.6 Å². The van der Waals surface area contributed by atoms with Gasteiger partial charge in [0.05, 0.1) is 5.01 Å². The van der Waals surface area contributed by atoms with E-state index in [9.17, 15) is 0 Å². The lowest BCUT2D eigenvalue weighted by molar-refractivity contribution is 0.171. The fraction of sp³-hybridized carbons (Fsp3) is 0.400. The van der Waals surface area contributed by atoms with E-state index in [4.69, 9.17) is 9.47 Å². The Kier molecular flexibility index (Phi) is 4.18. The van der Waals surface area contributed by atoms with Gasteiger partial charge < -0.3 is 14.8 Å². The van der Waals surface area contributed by atoms with Gasteiger partial charge >= 0.3 is 0 Å². The van der Waals surface area contributed by atoms with E-state index in [0.29, 0.717) is 13.2 Å². The van der Waals surface area contributed by atoms with Crippen LogP contribution in [0.5, 0.6) is 11.5 Å². The highest BCUT2D eigenvalue weighted by molar-refractivity contribution is 7.09. The molecule has 0 aliphatic carbocycles. The van der Waals surface area contributed by atoms with Crippen molar-refractivity contribution in [1.29, 1.82) is 0 Å². The van der Waals surface area contributed by atoms with Gasteiger partial charge in [-0.05, 0) is 24.6 Å². The Bertz CT molecular complexity index is 557. The number of thiazole rings is 1. The minimum absolute atomic E-state index is 0.283. The molecule has 1 aliphatic heterocycles. The van der Waals surface area contributed by atoms with E-state index in [1.807, 2.05) is 17.6 Å². The van der Waals surface area contributed by atoms with Crippen LogP contribution in [0, 0.1) is 0 Å². The molecule has 1 aromatic carbocycles. The number of hydrogen-bond acceptors (Lipinski definition) is 5. The molecule has 0 saturated heterocycles. The van der Waals surface area contributed by atoms with Crippen molar-refractivity contribution < 1.29 is 9.47 Å². The summed E-state index contributed by atoms with van der Waals surface area (Å²) in [5.74, 6) is 1.69. The highest BCUT2D eigenvalue weighted by atomic mass is 32.1. The van der Waals surface area contributed by atoms with Gasteiger partial charge in [-0.1, -0.05) is 6.07 Å². The van der Waals surface area contributed by atoms with Crippen molar-refractivity contribution >= 4 is 11.3 Å². The van der Waals surface area contributed by atoms with Crippen molar-refractivity contribution in [3.8, 4) is 11.5 Å². The largest absolute Gasteiger partial charge is 0.486 e. The normalized spacial score (nSPS) is 15.1. The molecule has 3 rings (SSSR count). The molecule has 1 unspecified atom stereocenters. The Morgan fingerprint density at radius 2 is 2.15 bits per heavy atom. The molecule has 1 N–H and O–H groups in total. The van der Waals surface area contributed by atoms with E-state index < -0.39 is 0 Å². The van der Waals surface area contributed by atoms with Crippen molar-refractivity contribution in [3.63, 3.8) is 0 Å². The average molecular weight is 290 g/mol. The number of rotatable bonds is 5. The molecule has 1 atom stereocenters. The Morgan fingerprint density at radius 3 is 2.95 bits per heavy atom. The van der Waals surface area contributed by atoms with Crippen LogP contribution in [-0.4, -0.2) is 24.7 Å². The summed E-state index contributed by atoms with van der Waals surface area (Å²) in [6.45, 7) is 4.34. The van der Waals surface area contributed by atoms with E-state index in [1.165, 1.54) is 10.6 Å². The predicted molar refractivity (Wildman–Crippen MR) is 79.7 cm³/mol. The Labute approximate surface area is 122 Å². The van der Waals surface area contributed by atoms with E-state index in [2.05, 4.69) is 29.4 Å². The second-order valence-electron chi connectivity index (χ2n) is 4.75. The fourth-order valence-electron chi connectivity index (χ4n) is 2.22. The third-order valence-corrected chi connectivity index (χ3v) is 4.18. The minimum atomic E-state index is 0.283. The van der Waals surface area contributed by atoms with Crippen LogP contribution in [0.25, 0.3) is 0 Å². The number of nitrogens with zero attached hydrogens (tertiary/aromatic N) is 1. The highest BCUT2D eigenvalue weighted by Crippen LogP contribution is 2.32. The third kappa shape index (κ3) is 3.11. The molecular weight excluding hydrogens is 272 g/mol. The van der Waals surface area contributed by atoms with Crippen molar-refractivity contribution in [2.45, 2.75) is 19.4 Å². The summed E-state index contributed by atoms with van der Waals surface area (Å²) in [6, 6.07) is 6.43. The molecule has 0 amide bonds. The van der Waals surface area contributed by atoms with Crippen LogP contribution < -0.4 is 14.8 Å². The maximum atomic E-state index is 5.62. The molecule has 20 heavy (non-hydrogen) atoms. The third-order valence-electron chi connectivity index (χ3n) is 3.34. The lowest BCUT2D eigenvalue weighted by Gasteiger charge is -2.21. The minimum Gasteiger partial charge on any atom is -0.486 e. The zero-order valence-electron chi connectivity index (χ0n) is 11.5. The molecule has 0 fully saturated rings. The Hall–Kier alpha value is -1.59. The van der Waals surface area contributed by atoms with Crippen LogP contribution in [0.15, 0.2) is 29.8 Å². The van der Waals surface area contributed by atoms with E-state index in [-0.39, 0.29) is 6.04 Å². The van der Waals surface area contributed by atoms with Crippen molar-refractivity contribution in [2.75, 3.05) is 19.8 Å². The maximum absolute atomic E-state index is 5.62. The van der Waals surface area contributed by atoms with Gasteiger partial charge in [0.15, 0.2) is 11.5 Å². The second-order valence-corrected chi connectivity index (χ2v) is 5.73. The van der Waals surface area contributed by atoms with Crippen LogP contribution in [0.3, 0.4) is 0 Å². The molecule has 4 nitrogen and oxygen atoms in total. The summed E-state index contributed by atoms with van der Waals surface area (Å²) < 4.78 is 11.2. The van der Waals surface area contributed by atoms with Crippen LogP contribution in [-0.2, 0) is 6.42 Å². The van der Waals surface area contributed by atoms with E-state index in [1.54, 1.807) is 11.3 Å². The lowest BCUT2D eigenvalue weighted by Crippen LogP contribution is -2.22. The molecule has 2 heterocycles. The van der Waals surface area contributed by atoms with Gasteiger partial charge in [0.25, 0.3) is 0 Å². The van der Waals surface area contributed by atoms with Gasteiger partial charge in [-0.3, -0.25) is 0 Å². The number of fused-ring (bicyclic) bond motifs is 1. The predicted octanol–water partition coefficient (Wildman–Crippen LogP) is 2.81. The second kappa shape index (κ2) is 6.24. The molecule has 0 saturated carbocycles. The van der Waals surface area contributed by atoms with Crippen LogP contribution in [0.1, 0.15) is 23.5 Å². The number of hydrogen-bond donors (Lipinski definition) is 1. The number of nitrogens with one attached hydrogen (secondary N) is 1. The molecule has 0 bridgehead atoms. The molecule has 0 spiro atoms. The number of aromatic nitrogens is 1. The molecule has 106 valence electrons. The first-order valence-electron chi connectivity index (χ1n) is 6.84. The summed E-state index contributed by atoms with van der Waals surface area (Å²) in [7, 11) is 0. The summed E-state index contributed by atoms with van der Waals surface area (Å²) in [6.07, 6.45) is 2.82. The topological polar surface area (TPSA) is 43.4 Å². The van der Waals surface area contributed by atoms with Gasteiger partial charge in [-0.15, -0.1) is 11.3 Å². The highest BCUT2D eigenvalue weighted by Gasteiger charge is 2.14. The van der Waals surface area contributed by atoms with Crippen molar-refractivity contribution in [2.24, 2.45) is 0 Å². The van der Waals surface area contributed by atoms with Crippen LogP contribution in [0.4, 0.5) is 0 Å². The van der Waals surface area contributed by atoms with Crippen molar-refractivity contribution in [1.82, 2.24) is 10.3 Å². The first-order chi connectivity index (χ1) is 9.83. The molecular formula is C15H18N2O2S. The van der Waals surface area contributed by atoms with Gasteiger partial charge in [-0.2, -0.15) is 0 Å². The quantitative estimate of drug-likeness (QED) is 0.919. The van der Waals surface area contributed by atoms with Gasteiger partial charge in [0.1, 0.15) is 13.2 Å². The smallest absolute Gasteiger partial charge is 0.161 e. The molecule has 0 radical (unpaired) electrons. The zero-order valence-corrected chi connectivity index (χ0v) is 12.3. The summed E-state index contributed by atoms with van der Waals surface area (Å²) in [5.41, 5.74) is 1.22.